The summed E-state index contributed by atoms with van der Waals surface area (Å²) in [6.45, 7) is 3.60. The smallest absolute Gasteiger partial charge is 0.242 e. The zero-order valence-electron chi connectivity index (χ0n) is 21.9. The van der Waals surface area contributed by atoms with Crippen molar-refractivity contribution < 1.29 is 8.42 Å². The molecule has 0 spiro atoms. The van der Waals surface area contributed by atoms with Crippen molar-refractivity contribution in [3.63, 3.8) is 0 Å². The molecule has 200 valence electrons. The Labute approximate surface area is 233 Å². The third-order valence-corrected chi connectivity index (χ3v) is 9.66. The predicted octanol–water partition coefficient (Wildman–Crippen LogP) is 6.94. The third kappa shape index (κ3) is 6.65. The summed E-state index contributed by atoms with van der Waals surface area (Å²) in [5.74, 6) is 0.746. The van der Waals surface area contributed by atoms with Crippen LogP contribution >= 0.6 is 12.4 Å². The molecule has 0 N–H and O–H groups in total. The summed E-state index contributed by atoms with van der Waals surface area (Å²) in [5.41, 5.74) is 2.65. The summed E-state index contributed by atoms with van der Waals surface area (Å²) in [6, 6.07) is 34.6. The van der Waals surface area contributed by atoms with Crippen LogP contribution in [0.4, 0.5) is 0 Å². The van der Waals surface area contributed by atoms with E-state index in [-0.39, 0.29) is 18.3 Å². The highest BCUT2D eigenvalue weighted by Crippen LogP contribution is 2.30. The Kier molecular flexibility index (Phi) is 9.61. The van der Waals surface area contributed by atoms with Crippen LogP contribution in [0.5, 0.6) is 0 Å². The zero-order chi connectivity index (χ0) is 25.7. The molecule has 0 radical (unpaired) electrons. The Balaban J connectivity index is 0.00000336. The van der Waals surface area contributed by atoms with Crippen molar-refractivity contribution in [2.45, 2.75) is 36.0 Å². The van der Waals surface area contributed by atoms with Gasteiger partial charge >= 0.3 is 0 Å². The normalized spacial score (nSPS) is 15.8. The van der Waals surface area contributed by atoms with Crippen molar-refractivity contribution in [2.24, 2.45) is 0 Å². The van der Waals surface area contributed by atoms with Gasteiger partial charge in [0.25, 0.3) is 0 Å². The zero-order valence-corrected chi connectivity index (χ0v) is 23.6. The van der Waals surface area contributed by atoms with Crippen LogP contribution in [0.1, 0.15) is 42.2 Å². The molecule has 5 rings (SSSR count). The van der Waals surface area contributed by atoms with E-state index in [0.29, 0.717) is 17.4 Å². The Morgan fingerprint density at radius 3 is 2.11 bits per heavy atom. The number of rotatable bonds is 9. The van der Waals surface area contributed by atoms with Gasteiger partial charge in [-0.2, -0.15) is 0 Å². The summed E-state index contributed by atoms with van der Waals surface area (Å²) in [4.78, 5) is 2.90. The molecular weight excluding hydrogens is 512 g/mol. The monoisotopic (exact) mass is 548 g/mol. The predicted molar refractivity (Wildman–Crippen MR) is 160 cm³/mol. The Morgan fingerprint density at radius 2 is 1.42 bits per heavy atom. The lowest BCUT2D eigenvalue weighted by Crippen LogP contribution is -2.36. The number of hydrogen-bond acceptors (Lipinski definition) is 3. The molecule has 1 aliphatic heterocycles. The second kappa shape index (κ2) is 12.9. The number of likely N-dealkylation sites (tertiary alicyclic amines) is 1. The maximum Gasteiger partial charge on any atom is 0.242 e. The molecule has 0 amide bonds. The fourth-order valence-corrected chi connectivity index (χ4v) is 6.80. The van der Waals surface area contributed by atoms with Crippen molar-refractivity contribution in [1.82, 2.24) is 9.21 Å². The van der Waals surface area contributed by atoms with Crippen molar-refractivity contribution in [1.29, 1.82) is 0 Å². The highest BCUT2D eigenvalue weighted by Gasteiger charge is 2.26. The average Bonchev–Trinajstić information content (AvgIpc) is 2.96. The Bertz CT molecular complexity index is 1410. The van der Waals surface area contributed by atoms with Crippen LogP contribution in [-0.2, 0) is 10.0 Å². The van der Waals surface area contributed by atoms with E-state index in [1.54, 1.807) is 31.3 Å². The van der Waals surface area contributed by atoms with Gasteiger partial charge in [0.15, 0.2) is 0 Å². The van der Waals surface area contributed by atoms with Crippen LogP contribution in [0.15, 0.2) is 108 Å². The molecule has 6 heteroatoms. The molecule has 1 atom stereocenters. The minimum absolute atomic E-state index is 0. The first kappa shape index (κ1) is 28.3. The highest BCUT2D eigenvalue weighted by atomic mass is 35.5. The lowest BCUT2D eigenvalue weighted by atomic mass is 9.89. The Hall–Kier alpha value is -2.70. The molecular formula is C32H37ClN2O2S. The minimum Gasteiger partial charge on any atom is -0.303 e. The molecule has 38 heavy (non-hydrogen) atoms. The topological polar surface area (TPSA) is 40.6 Å². The van der Waals surface area contributed by atoms with E-state index in [4.69, 9.17) is 0 Å². The molecule has 1 unspecified atom stereocenters. The van der Waals surface area contributed by atoms with Gasteiger partial charge in [-0.3, -0.25) is 0 Å². The number of halogens is 1. The maximum absolute atomic E-state index is 13.3. The number of sulfonamides is 1. The number of nitrogens with zero attached hydrogens (tertiary/aromatic N) is 2. The first-order valence-electron chi connectivity index (χ1n) is 13.3. The fraction of sp³-hybridized carbons (Fsp3) is 0.312. The average molecular weight is 549 g/mol. The van der Waals surface area contributed by atoms with Gasteiger partial charge in [0.1, 0.15) is 0 Å². The van der Waals surface area contributed by atoms with E-state index in [1.807, 2.05) is 6.07 Å². The van der Waals surface area contributed by atoms with Crippen molar-refractivity contribution in [3.8, 4) is 0 Å². The molecule has 4 aromatic rings. The van der Waals surface area contributed by atoms with E-state index >= 15 is 0 Å². The molecule has 0 saturated carbocycles. The van der Waals surface area contributed by atoms with E-state index in [2.05, 4.69) is 77.7 Å². The van der Waals surface area contributed by atoms with Crippen LogP contribution in [0.25, 0.3) is 10.8 Å². The van der Waals surface area contributed by atoms with Crippen molar-refractivity contribution in [3.05, 3.63) is 114 Å². The minimum atomic E-state index is -3.55. The molecule has 1 fully saturated rings. The second-order valence-corrected chi connectivity index (χ2v) is 12.3. The van der Waals surface area contributed by atoms with Gasteiger partial charge in [-0.25, -0.2) is 12.7 Å². The lowest BCUT2D eigenvalue weighted by molar-refractivity contribution is 0.203. The summed E-state index contributed by atoms with van der Waals surface area (Å²) >= 11 is 0. The molecule has 4 nitrogen and oxygen atoms in total. The van der Waals surface area contributed by atoms with Crippen molar-refractivity contribution >= 4 is 33.2 Å². The number of fused-ring (bicyclic) bond motifs is 1. The molecule has 1 heterocycles. The van der Waals surface area contributed by atoms with Gasteiger partial charge in [-0.15, -0.1) is 12.4 Å². The van der Waals surface area contributed by atoms with Gasteiger partial charge in [0, 0.05) is 13.6 Å². The lowest BCUT2D eigenvalue weighted by Gasteiger charge is -2.33. The molecule has 0 aliphatic carbocycles. The van der Waals surface area contributed by atoms with E-state index in [0.717, 1.165) is 26.1 Å². The number of hydrogen-bond donors (Lipinski definition) is 0. The quantitative estimate of drug-likeness (QED) is 0.227. The summed E-state index contributed by atoms with van der Waals surface area (Å²) < 4.78 is 28.1. The fourth-order valence-electron chi connectivity index (χ4n) is 5.56. The van der Waals surface area contributed by atoms with Crippen molar-refractivity contribution in [2.75, 3.05) is 33.2 Å². The van der Waals surface area contributed by atoms with Crippen LogP contribution in [0.2, 0.25) is 0 Å². The van der Waals surface area contributed by atoms with Gasteiger partial charge in [0.05, 0.1) is 4.90 Å². The number of piperidine rings is 1. The number of benzene rings is 4. The first-order valence-corrected chi connectivity index (χ1v) is 14.7. The standard InChI is InChI=1S/C32H36N2O2S.ClH/c1-33(37(35,36)32-14-6-3-7-15-32)25-31(30-17-16-27-12-8-9-13-29(27)24-30)20-23-34-21-18-28(19-22-34)26-10-4-2-5-11-26;/h2-17,24,28,31H,18-23,25H2,1H3;1H. The van der Waals surface area contributed by atoms with Gasteiger partial charge in [-0.1, -0.05) is 91.0 Å². The largest absolute Gasteiger partial charge is 0.303 e. The summed E-state index contributed by atoms with van der Waals surface area (Å²) in [6.07, 6.45) is 3.27. The van der Waals surface area contributed by atoms with Crippen LogP contribution < -0.4 is 0 Å². The second-order valence-electron chi connectivity index (χ2n) is 10.2. The van der Waals surface area contributed by atoms with Crippen LogP contribution in [0, 0.1) is 0 Å². The van der Waals surface area contributed by atoms with Crippen LogP contribution in [-0.4, -0.2) is 50.8 Å². The molecule has 0 bridgehead atoms. The molecule has 1 aliphatic rings. The van der Waals surface area contributed by atoms with Gasteiger partial charge in [0.2, 0.25) is 10.0 Å². The van der Waals surface area contributed by atoms with E-state index in [1.165, 1.54) is 39.0 Å². The molecule has 4 aromatic carbocycles. The summed E-state index contributed by atoms with van der Waals surface area (Å²) in [7, 11) is -1.84. The first-order chi connectivity index (χ1) is 18.0. The van der Waals surface area contributed by atoms with E-state index < -0.39 is 10.0 Å². The van der Waals surface area contributed by atoms with Crippen LogP contribution in [0.3, 0.4) is 0 Å². The highest BCUT2D eigenvalue weighted by molar-refractivity contribution is 7.89. The third-order valence-electron chi connectivity index (χ3n) is 7.83. The maximum atomic E-state index is 13.3. The van der Waals surface area contributed by atoms with Gasteiger partial charge in [-0.05, 0) is 84.8 Å². The summed E-state index contributed by atoms with van der Waals surface area (Å²) in [5, 5.41) is 2.40. The molecule has 1 saturated heterocycles. The number of likely N-dealkylation sites (N-methyl/N-ethyl adjacent to an activating group) is 1. The van der Waals surface area contributed by atoms with E-state index in [9.17, 15) is 8.42 Å². The Morgan fingerprint density at radius 1 is 0.816 bits per heavy atom. The SMILES string of the molecule is CN(CC(CCN1CCC(c2ccccc2)CC1)c1ccc2ccccc2c1)S(=O)(=O)c1ccccc1.Cl. The van der Waals surface area contributed by atoms with Gasteiger partial charge < -0.3 is 4.90 Å². The molecule has 0 aromatic heterocycles.